The van der Waals surface area contributed by atoms with Crippen LogP contribution in [-0.4, -0.2) is 17.3 Å². The topological polar surface area (TPSA) is 59.7 Å². The zero-order chi connectivity index (χ0) is 20.1. The van der Waals surface area contributed by atoms with Gasteiger partial charge in [-0.05, 0) is 70.7 Å². The van der Waals surface area contributed by atoms with Gasteiger partial charge in [-0.3, -0.25) is 0 Å². The molecule has 0 bridgehead atoms. The third-order valence-electron chi connectivity index (χ3n) is 5.15. The normalized spacial score (nSPS) is 19.6. The van der Waals surface area contributed by atoms with Crippen LogP contribution in [0.5, 0.6) is 5.75 Å². The number of aliphatic hydroxyl groups is 1. The number of allylic oxidation sites excluding steroid dienone is 3. The van der Waals surface area contributed by atoms with Crippen molar-refractivity contribution in [2.24, 2.45) is 0 Å². The van der Waals surface area contributed by atoms with E-state index in [1.807, 2.05) is 44.2 Å². The van der Waals surface area contributed by atoms with Gasteiger partial charge in [0.1, 0.15) is 22.5 Å². The average molecular weight is 380 g/mol. The average Bonchev–Trinajstić information content (AvgIpc) is 2.67. The molecule has 4 nitrogen and oxygen atoms in total. The van der Waals surface area contributed by atoms with Crippen molar-refractivity contribution >= 4 is 17.0 Å². The van der Waals surface area contributed by atoms with Gasteiger partial charge in [-0.15, -0.1) is 0 Å². The van der Waals surface area contributed by atoms with E-state index in [9.17, 15) is 4.79 Å². The van der Waals surface area contributed by atoms with Gasteiger partial charge in [0.25, 0.3) is 0 Å². The van der Waals surface area contributed by atoms with Crippen LogP contribution < -0.4 is 10.4 Å². The number of hydrogen-bond acceptors (Lipinski definition) is 4. The van der Waals surface area contributed by atoms with E-state index in [-0.39, 0.29) is 12.2 Å². The molecule has 1 aliphatic rings. The Labute approximate surface area is 165 Å². The molecule has 0 aliphatic carbocycles. The van der Waals surface area contributed by atoms with E-state index < -0.39 is 5.60 Å². The lowest BCUT2D eigenvalue weighted by atomic mass is 9.94. The Morgan fingerprint density at radius 1 is 1.14 bits per heavy atom. The molecule has 0 radical (unpaired) electrons. The van der Waals surface area contributed by atoms with E-state index >= 15 is 0 Å². The molecule has 0 spiro atoms. The minimum absolute atomic E-state index is 0.124. The molecule has 3 rings (SSSR count). The van der Waals surface area contributed by atoms with Crippen molar-refractivity contribution in [3.8, 4) is 5.75 Å². The molecule has 0 fully saturated rings. The van der Waals surface area contributed by atoms with Gasteiger partial charge in [-0.1, -0.05) is 35.4 Å². The summed E-state index contributed by atoms with van der Waals surface area (Å²) in [6.45, 7) is 6.25. The molecule has 4 heteroatoms. The Balaban J connectivity index is 1.69. The Morgan fingerprint density at radius 2 is 1.89 bits per heavy atom. The van der Waals surface area contributed by atoms with E-state index in [1.54, 1.807) is 6.07 Å². The number of para-hydroxylation sites is 1. The maximum atomic E-state index is 12.2. The predicted molar refractivity (Wildman–Crippen MR) is 114 cm³/mol. The lowest BCUT2D eigenvalue weighted by Crippen LogP contribution is -2.33. The highest BCUT2D eigenvalue weighted by molar-refractivity contribution is 5.87. The molecule has 1 aliphatic heterocycles. The highest BCUT2D eigenvalue weighted by atomic mass is 16.5. The van der Waals surface area contributed by atoms with Crippen LogP contribution in [0.1, 0.15) is 52.0 Å². The summed E-state index contributed by atoms with van der Waals surface area (Å²) < 4.78 is 11.7. The third kappa shape index (κ3) is 4.63. The maximum Gasteiger partial charge on any atom is 0.347 e. The van der Waals surface area contributed by atoms with Crippen molar-refractivity contribution in [3.05, 3.63) is 69.6 Å². The summed E-state index contributed by atoms with van der Waals surface area (Å²) >= 11 is 0. The number of benzene rings is 1. The maximum absolute atomic E-state index is 12.2. The fourth-order valence-corrected chi connectivity index (χ4v) is 3.37. The van der Waals surface area contributed by atoms with Gasteiger partial charge in [0.2, 0.25) is 0 Å². The first kappa shape index (κ1) is 20.2. The van der Waals surface area contributed by atoms with Gasteiger partial charge in [0, 0.05) is 0 Å². The second kappa shape index (κ2) is 8.61. The number of hydrogen-bond donors (Lipinski definition) is 1. The molecule has 2 heterocycles. The van der Waals surface area contributed by atoms with Crippen LogP contribution in [0.4, 0.5) is 0 Å². The Morgan fingerprint density at radius 3 is 2.68 bits per heavy atom. The molecule has 2 aromatic rings. The third-order valence-corrected chi connectivity index (χ3v) is 5.15. The fraction of sp³-hybridized carbons (Fsp3) is 0.375. The van der Waals surface area contributed by atoms with Crippen LogP contribution >= 0.6 is 0 Å². The van der Waals surface area contributed by atoms with Crippen LogP contribution in [0.3, 0.4) is 0 Å². The molecule has 1 aromatic carbocycles. The van der Waals surface area contributed by atoms with E-state index in [0.717, 1.165) is 36.6 Å². The summed E-state index contributed by atoms with van der Waals surface area (Å²) in [5.74, 6) is 0.613. The minimum atomic E-state index is -0.465. The predicted octanol–water partition coefficient (Wildman–Crippen LogP) is 5.40. The second-order valence-electron chi connectivity index (χ2n) is 7.71. The summed E-state index contributed by atoms with van der Waals surface area (Å²) in [5, 5.41) is 9.86. The van der Waals surface area contributed by atoms with E-state index in [0.29, 0.717) is 16.9 Å². The quantitative estimate of drug-likeness (QED) is 0.516. The van der Waals surface area contributed by atoms with Gasteiger partial charge in [0.05, 0.1) is 12.0 Å². The van der Waals surface area contributed by atoms with Crippen LogP contribution in [0.2, 0.25) is 0 Å². The molecule has 0 amide bonds. The fourth-order valence-electron chi connectivity index (χ4n) is 3.37. The number of ether oxygens (including phenoxy) is 1. The number of fused-ring (bicyclic) bond motifs is 3. The van der Waals surface area contributed by atoms with Gasteiger partial charge in [-0.2, -0.15) is 0 Å². The molecule has 0 saturated heterocycles. The molecule has 28 heavy (non-hydrogen) atoms. The highest BCUT2D eigenvalue weighted by Gasteiger charge is 2.29. The Hall–Kier alpha value is -2.59. The number of aliphatic hydroxyl groups excluding tert-OH is 1. The van der Waals surface area contributed by atoms with Crippen molar-refractivity contribution < 1.29 is 14.3 Å². The van der Waals surface area contributed by atoms with Crippen LogP contribution in [0.15, 0.2) is 62.9 Å². The van der Waals surface area contributed by atoms with Crippen molar-refractivity contribution in [1.82, 2.24) is 0 Å². The van der Waals surface area contributed by atoms with E-state index in [4.69, 9.17) is 14.3 Å². The standard InChI is InChI=1S/C24H28O4/c1-17(8-6-9-18(2)16-25)10-7-14-24(3)15-13-20-22(28-24)19-11-4-5-12-21(19)27-23(20)26/h4-5,9-13,15,25H,6-8,14,16H2,1-3H3/b17-10+,18-9+/t24-/m1/s1. The van der Waals surface area contributed by atoms with Crippen LogP contribution in [0.25, 0.3) is 17.0 Å². The van der Waals surface area contributed by atoms with E-state index in [1.165, 1.54) is 5.57 Å². The SMILES string of the molecule is C/C(=C\CC/C(C)=C/CC[C@]1(C)C=Cc2c(c3ccccc3oc2=O)O1)CO. The molecule has 1 N–H and O–H groups in total. The van der Waals surface area contributed by atoms with Gasteiger partial charge < -0.3 is 14.3 Å². The molecule has 0 saturated carbocycles. The first-order valence-electron chi connectivity index (χ1n) is 9.78. The lowest BCUT2D eigenvalue weighted by molar-refractivity contribution is 0.130. The van der Waals surface area contributed by atoms with Crippen molar-refractivity contribution in [2.75, 3.05) is 6.61 Å². The van der Waals surface area contributed by atoms with Crippen LogP contribution in [-0.2, 0) is 0 Å². The second-order valence-corrected chi connectivity index (χ2v) is 7.71. The monoisotopic (exact) mass is 380 g/mol. The van der Waals surface area contributed by atoms with Crippen molar-refractivity contribution in [1.29, 1.82) is 0 Å². The Kier molecular flexibility index (Phi) is 6.20. The summed E-state index contributed by atoms with van der Waals surface area (Å²) in [5.41, 5.74) is 2.54. The molecule has 1 atom stereocenters. The zero-order valence-electron chi connectivity index (χ0n) is 16.8. The zero-order valence-corrected chi connectivity index (χ0v) is 16.8. The largest absolute Gasteiger partial charge is 0.482 e. The highest BCUT2D eigenvalue weighted by Crippen LogP contribution is 2.37. The minimum Gasteiger partial charge on any atom is -0.482 e. The molecule has 0 unspecified atom stereocenters. The van der Waals surface area contributed by atoms with E-state index in [2.05, 4.69) is 19.1 Å². The van der Waals surface area contributed by atoms with Gasteiger partial charge >= 0.3 is 5.63 Å². The van der Waals surface area contributed by atoms with Gasteiger partial charge in [-0.25, -0.2) is 4.79 Å². The molecule has 148 valence electrons. The molecular formula is C24H28O4. The first-order valence-corrected chi connectivity index (χ1v) is 9.78. The smallest absolute Gasteiger partial charge is 0.347 e. The summed E-state index contributed by atoms with van der Waals surface area (Å²) in [4.78, 5) is 12.2. The Bertz CT molecular complexity index is 993. The summed E-state index contributed by atoms with van der Waals surface area (Å²) in [7, 11) is 0. The van der Waals surface area contributed by atoms with Crippen molar-refractivity contribution in [2.45, 2.75) is 52.1 Å². The van der Waals surface area contributed by atoms with Crippen molar-refractivity contribution in [3.63, 3.8) is 0 Å². The molecular weight excluding hydrogens is 352 g/mol. The number of rotatable bonds is 7. The van der Waals surface area contributed by atoms with Gasteiger partial charge in [0.15, 0.2) is 0 Å². The summed E-state index contributed by atoms with van der Waals surface area (Å²) in [6, 6.07) is 7.47. The lowest BCUT2D eigenvalue weighted by Gasteiger charge is -2.31. The first-order chi connectivity index (χ1) is 13.4. The van der Waals surface area contributed by atoms with Crippen LogP contribution in [0, 0.1) is 0 Å². The molecule has 1 aromatic heterocycles. The summed E-state index contributed by atoms with van der Waals surface area (Å²) in [6.07, 6.45) is 11.8.